The number of hydrogen-bond acceptors (Lipinski definition) is 5. The second-order valence-corrected chi connectivity index (χ2v) is 8.70. The van der Waals surface area contributed by atoms with Gasteiger partial charge >= 0.3 is 5.97 Å². The minimum absolute atomic E-state index is 0.106. The SMILES string of the molecule is C[C@H](NC(=O)COC(=O)c1ccc(CS(C)(=O)=O)cc1)c1ccccc1Cl. The van der Waals surface area contributed by atoms with Crippen LogP contribution >= 0.6 is 11.6 Å². The van der Waals surface area contributed by atoms with Crippen LogP contribution in [0.25, 0.3) is 0 Å². The normalized spacial score (nSPS) is 12.3. The maximum Gasteiger partial charge on any atom is 0.338 e. The van der Waals surface area contributed by atoms with Crippen LogP contribution in [0.2, 0.25) is 5.02 Å². The number of sulfone groups is 1. The van der Waals surface area contributed by atoms with Gasteiger partial charge in [0.2, 0.25) is 0 Å². The van der Waals surface area contributed by atoms with Gasteiger partial charge in [0, 0.05) is 11.3 Å². The van der Waals surface area contributed by atoms with Crippen LogP contribution in [0.3, 0.4) is 0 Å². The third kappa shape index (κ3) is 6.69. The summed E-state index contributed by atoms with van der Waals surface area (Å²) in [5, 5.41) is 3.25. The Labute approximate surface area is 163 Å². The Morgan fingerprint density at radius 1 is 1.11 bits per heavy atom. The average Bonchev–Trinajstić information content (AvgIpc) is 2.59. The lowest BCUT2D eigenvalue weighted by Crippen LogP contribution is -2.31. The van der Waals surface area contributed by atoms with E-state index in [1.54, 1.807) is 25.1 Å². The fourth-order valence-electron chi connectivity index (χ4n) is 2.44. The van der Waals surface area contributed by atoms with Crippen molar-refractivity contribution in [2.75, 3.05) is 12.9 Å². The number of ether oxygens (including phenoxy) is 1. The first-order valence-electron chi connectivity index (χ1n) is 8.13. The van der Waals surface area contributed by atoms with E-state index in [2.05, 4.69) is 5.32 Å². The summed E-state index contributed by atoms with van der Waals surface area (Å²) in [6.45, 7) is 1.35. The third-order valence-corrected chi connectivity index (χ3v) is 4.90. The van der Waals surface area contributed by atoms with Crippen LogP contribution in [-0.2, 0) is 25.1 Å². The van der Waals surface area contributed by atoms with Gasteiger partial charge in [-0.3, -0.25) is 4.79 Å². The highest BCUT2D eigenvalue weighted by Crippen LogP contribution is 2.21. The van der Waals surface area contributed by atoms with Crippen molar-refractivity contribution in [2.45, 2.75) is 18.7 Å². The van der Waals surface area contributed by atoms with Gasteiger partial charge in [-0.2, -0.15) is 0 Å². The molecule has 0 aliphatic carbocycles. The Kier molecular flexibility index (Phi) is 6.98. The first kappa shape index (κ1) is 20.9. The molecule has 0 fully saturated rings. The minimum atomic E-state index is -3.15. The highest BCUT2D eigenvalue weighted by atomic mass is 35.5. The van der Waals surface area contributed by atoms with E-state index >= 15 is 0 Å². The van der Waals surface area contributed by atoms with Crippen molar-refractivity contribution >= 4 is 33.3 Å². The van der Waals surface area contributed by atoms with E-state index in [4.69, 9.17) is 16.3 Å². The summed E-state index contributed by atoms with van der Waals surface area (Å²) in [5.41, 5.74) is 1.57. The maximum atomic E-state index is 12.0. The molecule has 0 unspecified atom stereocenters. The van der Waals surface area contributed by atoms with Gasteiger partial charge in [-0.05, 0) is 36.2 Å². The Morgan fingerprint density at radius 2 is 1.74 bits per heavy atom. The molecule has 2 rings (SSSR count). The van der Waals surface area contributed by atoms with E-state index in [9.17, 15) is 18.0 Å². The molecule has 8 heteroatoms. The molecular formula is C19H20ClNO5S. The fourth-order valence-corrected chi connectivity index (χ4v) is 3.54. The molecule has 0 bridgehead atoms. The molecular weight excluding hydrogens is 390 g/mol. The van der Waals surface area contributed by atoms with E-state index in [0.717, 1.165) is 11.8 Å². The first-order valence-corrected chi connectivity index (χ1v) is 10.6. The van der Waals surface area contributed by atoms with Crippen molar-refractivity contribution in [2.24, 2.45) is 0 Å². The number of amides is 1. The van der Waals surface area contributed by atoms with Gasteiger partial charge in [-0.1, -0.05) is 41.9 Å². The topological polar surface area (TPSA) is 89.5 Å². The van der Waals surface area contributed by atoms with E-state index in [1.807, 2.05) is 6.07 Å². The standard InChI is InChI=1S/C19H20ClNO5S/c1-13(16-5-3-4-6-17(16)20)21-18(22)11-26-19(23)15-9-7-14(8-10-15)12-27(2,24)25/h3-10,13H,11-12H2,1-2H3,(H,21,22)/t13-/m0/s1. The molecule has 2 aromatic carbocycles. The van der Waals surface area contributed by atoms with Crippen LogP contribution in [0.5, 0.6) is 0 Å². The van der Waals surface area contributed by atoms with Crippen LogP contribution in [0, 0.1) is 0 Å². The van der Waals surface area contributed by atoms with Crippen LogP contribution in [0.15, 0.2) is 48.5 Å². The summed E-state index contributed by atoms with van der Waals surface area (Å²) >= 11 is 6.09. The van der Waals surface area contributed by atoms with Crippen molar-refractivity contribution in [3.8, 4) is 0 Å². The van der Waals surface area contributed by atoms with Crippen molar-refractivity contribution in [3.63, 3.8) is 0 Å². The van der Waals surface area contributed by atoms with E-state index in [0.29, 0.717) is 10.6 Å². The van der Waals surface area contributed by atoms with Crippen molar-refractivity contribution in [1.82, 2.24) is 5.32 Å². The molecule has 1 atom stereocenters. The number of halogens is 1. The molecule has 0 radical (unpaired) electrons. The lowest BCUT2D eigenvalue weighted by Gasteiger charge is -2.15. The predicted molar refractivity (Wildman–Crippen MR) is 103 cm³/mol. The lowest BCUT2D eigenvalue weighted by molar-refractivity contribution is -0.124. The molecule has 27 heavy (non-hydrogen) atoms. The number of hydrogen-bond donors (Lipinski definition) is 1. The summed E-state index contributed by atoms with van der Waals surface area (Å²) in [6, 6.07) is 12.8. The molecule has 6 nitrogen and oxygen atoms in total. The largest absolute Gasteiger partial charge is 0.452 e. The summed E-state index contributed by atoms with van der Waals surface area (Å²) in [6.07, 6.45) is 1.14. The number of benzene rings is 2. The minimum Gasteiger partial charge on any atom is -0.452 e. The van der Waals surface area contributed by atoms with E-state index in [1.165, 1.54) is 24.3 Å². The Balaban J connectivity index is 1.87. The van der Waals surface area contributed by atoms with Crippen LogP contribution in [-0.4, -0.2) is 33.2 Å². The molecule has 1 N–H and O–H groups in total. The monoisotopic (exact) mass is 409 g/mol. The third-order valence-electron chi connectivity index (χ3n) is 3.70. The molecule has 0 saturated heterocycles. The molecule has 0 spiro atoms. The van der Waals surface area contributed by atoms with Gasteiger partial charge in [0.15, 0.2) is 16.4 Å². The molecule has 1 amide bonds. The second kappa shape index (κ2) is 9.01. The first-order chi connectivity index (χ1) is 12.7. The summed E-state index contributed by atoms with van der Waals surface area (Å²) in [4.78, 5) is 24.0. The Hall–Kier alpha value is -2.38. The molecule has 0 aromatic heterocycles. The zero-order chi connectivity index (χ0) is 20.0. The van der Waals surface area contributed by atoms with Crippen LogP contribution < -0.4 is 5.32 Å². The molecule has 0 heterocycles. The maximum absolute atomic E-state index is 12.0. The van der Waals surface area contributed by atoms with Gasteiger partial charge in [-0.25, -0.2) is 13.2 Å². The lowest BCUT2D eigenvalue weighted by atomic mass is 10.1. The molecule has 0 aliphatic rings. The van der Waals surface area contributed by atoms with Gasteiger partial charge in [0.05, 0.1) is 17.4 Å². The Morgan fingerprint density at radius 3 is 2.33 bits per heavy atom. The number of carbonyl (C=O) groups is 2. The average molecular weight is 410 g/mol. The van der Waals surface area contributed by atoms with Crippen LogP contribution in [0.1, 0.15) is 34.5 Å². The molecule has 0 saturated carbocycles. The van der Waals surface area contributed by atoms with Gasteiger partial charge in [0.25, 0.3) is 5.91 Å². The number of rotatable bonds is 7. The van der Waals surface area contributed by atoms with Gasteiger partial charge in [-0.15, -0.1) is 0 Å². The van der Waals surface area contributed by atoms with Crippen molar-refractivity contribution < 1.29 is 22.7 Å². The molecule has 0 aliphatic heterocycles. The zero-order valence-corrected chi connectivity index (χ0v) is 16.5. The van der Waals surface area contributed by atoms with E-state index < -0.39 is 28.3 Å². The Bertz CT molecular complexity index is 925. The predicted octanol–water partition coefficient (Wildman–Crippen LogP) is 2.92. The second-order valence-electron chi connectivity index (χ2n) is 6.15. The van der Waals surface area contributed by atoms with Crippen LogP contribution in [0.4, 0.5) is 0 Å². The summed E-state index contributed by atoms with van der Waals surface area (Å²) < 4.78 is 27.5. The van der Waals surface area contributed by atoms with Gasteiger partial charge < -0.3 is 10.1 Å². The number of carbonyl (C=O) groups excluding carboxylic acids is 2. The zero-order valence-electron chi connectivity index (χ0n) is 14.9. The quantitative estimate of drug-likeness (QED) is 0.710. The molecule has 144 valence electrons. The summed E-state index contributed by atoms with van der Waals surface area (Å²) in [7, 11) is -3.15. The van der Waals surface area contributed by atoms with E-state index in [-0.39, 0.29) is 17.4 Å². The number of esters is 1. The van der Waals surface area contributed by atoms with Gasteiger partial charge in [0.1, 0.15) is 0 Å². The van der Waals surface area contributed by atoms with Crippen molar-refractivity contribution in [3.05, 3.63) is 70.2 Å². The number of nitrogens with one attached hydrogen (secondary N) is 1. The molecule has 2 aromatic rings. The summed E-state index contributed by atoms with van der Waals surface area (Å²) in [5.74, 6) is -1.23. The fraction of sp³-hybridized carbons (Fsp3) is 0.263. The van der Waals surface area contributed by atoms with Crippen molar-refractivity contribution in [1.29, 1.82) is 0 Å². The highest BCUT2D eigenvalue weighted by molar-refractivity contribution is 7.89. The smallest absolute Gasteiger partial charge is 0.338 e. The highest BCUT2D eigenvalue weighted by Gasteiger charge is 2.15.